The number of hydrogen-bond acceptors (Lipinski definition) is 15. The molecule has 8 N–H and O–H groups in total. The number of ether oxygens (including phenoxy) is 4. The highest BCUT2D eigenvalue weighted by molar-refractivity contribution is 5.92. The fraction of sp³-hybridized carbons (Fsp3) is 0.211. The van der Waals surface area contributed by atoms with Crippen molar-refractivity contribution >= 4 is 30.0 Å². The first kappa shape index (κ1) is 38.1. The van der Waals surface area contributed by atoms with E-state index in [1.807, 2.05) is 0 Å². The molecule has 282 valence electrons. The van der Waals surface area contributed by atoms with E-state index in [1.54, 1.807) is 0 Å². The van der Waals surface area contributed by atoms with E-state index < -0.39 is 88.4 Å². The van der Waals surface area contributed by atoms with Crippen LogP contribution in [0, 0.1) is 0 Å². The molecule has 4 atom stereocenters. The topological polar surface area (TPSA) is 267 Å². The second-order valence-corrected chi connectivity index (χ2v) is 12.0. The van der Waals surface area contributed by atoms with Crippen molar-refractivity contribution in [1.29, 1.82) is 0 Å². The molecule has 1 aliphatic heterocycles. The Hall–Kier alpha value is -7.10. The third kappa shape index (κ3) is 8.50. The van der Waals surface area contributed by atoms with E-state index in [2.05, 4.69) is 0 Å². The molecule has 1 aliphatic rings. The van der Waals surface area contributed by atoms with Crippen LogP contribution in [0.4, 0.5) is 0 Å². The van der Waals surface area contributed by atoms with Crippen LogP contribution in [0.1, 0.15) is 46.8 Å². The molecule has 54 heavy (non-hydrogen) atoms. The molecule has 0 spiro atoms. The summed E-state index contributed by atoms with van der Waals surface area (Å²) in [6, 6.07) is 13.4. The molecule has 0 fully saturated rings. The second kappa shape index (κ2) is 16.1. The quantitative estimate of drug-likeness (QED) is 0.0418. The summed E-state index contributed by atoms with van der Waals surface area (Å²) in [5.74, 6) is -9.82. The fourth-order valence-electron chi connectivity index (χ4n) is 5.72. The first-order chi connectivity index (χ1) is 25.7. The highest BCUT2D eigenvalue weighted by Crippen LogP contribution is 2.53. The van der Waals surface area contributed by atoms with E-state index in [0.29, 0.717) is 0 Å². The molecule has 0 aliphatic carbocycles. The third-order valence-electron chi connectivity index (χ3n) is 8.31. The number of carboxylic acid groups (broad SMARTS) is 1. The minimum absolute atomic E-state index is 0.0409. The number of aromatic hydroxyl groups is 7. The zero-order chi connectivity index (χ0) is 39.3. The number of carbonyl (C=O) groups is 4. The summed E-state index contributed by atoms with van der Waals surface area (Å²) in [7, 11) is 0. The van der Waals surface area contributed by atoms with Gasteiger partial charge in [-0.1, -0.05) is 24.3 Å². The van der Waals surface area contributed by atoms with Gasteiger partial charge in [-0.05, 0) is 77.7 Å². The second-order valence-electron chi connectivity index (χ2n) is 12.0. The van der Waals surface area contributed by atoms with Crippen LogP contribution in [0.25, 0.3) is 6.08 Å². The number of esters is 3. The molecule has 0 saturated carbocycles. The van der Waals surface area contributed by atoms with E-state index in [0.717, 1.165) is 42.5 Å². The van der Waals surface area contributed by atoms with Crippen molar-refractivity contribution in [3.63, 3.8) is 0 Å². The highest BCUT2D eigenvalue weighted by atomic mass is 16.6. The Balaban J connectivity index is 1.49. The van der Waals surface area contributed by atoms with Gasteiger partial charge in [-0.15, -0.1) is 0 Å². The molecule has 0 bridgehead atoms. The minimum atomic E-state index is -1.72. The predicted octanol–water partition coefficient (Wildman–Crippen LogP) is 3.81. The van der Waals surface area contributed by atoms with Gasteiger partial charge in [-0.2, -0.15) is 0 Å². The number of phenols is 7. The van der Waals surface area contributed by atoms with Gasteiger partial charge in [0.15, 0.2) is 46.0 Å². The molecular formula is C38H34O16. The Labute approximate surface area is 305 Å². The van der Waals surface area contributed by atoms with Gasteiger partial charge in [-0.3, -0.25) is 4.79 Å². The molecule has 0 amide bonds. The average Bonchev–Trinajstić information content (AvgIpc) is 3.54. The van der Waals surface area contributed by atoms with Gasteiger partial charge in [0.25, 0.3) is 0 Å². The summed E-state index contributed by atoms with van der Waals surface area (Å²) in [5, 5.41) is 79.8. The number of benzene rings is 4. The van der Waals surface area contributed by atoms with Crippen molar-refractivity contribution in [3.05, 3.63) is 101 Å². The Bertz CT molecular complexity index is 2120. The molecule has 4 aromatic rings. The van der Waals surface area contributed by atoms with Crippen LogP contribution in [0.5, 0.6) is 46.0 Å². The zero-order valence-electron chi connectivity index (χ0n) is 28.3. The van der Waals surface area contributed by atoms with Crippen LogP contribution in [-0.2, 0) is 46.2 Å². The molecule has 1 heterocycles. The fourth-order valence-corrected chi connectivity index (χ4v) is 5.72. The van der Waals surface area contributed by atoms with E-state index in [1.165, 1.54) is 43.3 Å². The van der Waals surface area contributed by atoms with E-state index in [9.17, 15) is 60.0 Å². The van der Waals surface area contributed by atoms with Crippen molar-refractivity contribution in [3.8, 4) is 46.0 Å². The van der Waals surface area contributed by atoms with Crippen LogP contribution in [0.15, 0.2) is 72.8 Å². The van der Waals surface area contributed by atoms with Gasteiger partial charge in [0.1, 0.15) is 12.0 Å². The minimum Gasteiger partial charge on any atom is -0.504 e. The largest absolute Gasteiger partial charge is 0.504 e. The number of fused-ring (bicyclic) bond motifs is 1. The van der Waals surface area contributed by atoms with Gasteiger partial charge in [0.05, 0.1) is 6.61 Å². The number of rotatable bonds is 13. The molecule has 0 aromatic heterocycles. The summed E-state index contributed by atoms with van der Waals surface area (Å²) < 4.78 is 22.0. The maximum absolute atomic E-state index is 14.2. The average molecular weight is 747 g/mol. The summed E-state index contributed by atoms with van der Waals surface area (Å²) in [6.45, 7) is 1.44. The molecule has 5 rings (SSSR count). The van der Waals surface area contributed by atoms with Gasteiger partial charge >= 0.3 is 23.9 Å². The Morgan fingerprint density at radius 3 is 1.81 bits per heavy atom. The lowest BCUT2D eigenvalue weighted by atomic mass is 9.87. The van der Waals surface area contributed by atoms with Crippen molar-refractivity contribution in [2.24, 2.45) is 0 Å². The Kier molecular flexibility index (Phi) is 11.3. The van der Waals surface area contributed by atoms with E-state index >= 15 is 0 Å². The van der Waals surface area contributed by atoms with Gasteiger partial charge in [0.2, 0.25) is 12.2 Å². The standard InChI is InChI=1S/C38H34O16/c1-2-51-37(49)30(16-19-4-9-23(40)27(44)14-19)53-38(50)33-32-20(5-11-25(42)35(32)54-34(33)21-6-10-24(41)28(45)17-21)7-12-31(46)52-29(36(47)48)15-18-3-8-22(39)26(43)13-18/h3-14,17,29-30,33-34,39-45H,2,15-16H2,1H3,(H,47,48)/t29-,30-,33+,34+/m0/s1. The van der Waals surface area contributed by atoms with Crippen LogP contribution in [-0.4, -0.2) is 83.5 Å². The highest BCUT2D eigenvalue weighted by Gasteiger charge is 2.46. The molecule has 0 radical (unpaired) electrons. The first-order valence-electron chi connectivity index (χ1n) is 16.2. The number of aliphatic carboxylic acids is 1. The maximum atomic E-state index is 14.2. The van der Waals surface area contributed by atoms with Crippen molar-refractivity contribution in [1.82, 2.24) is 0 Å². The van der Waals surface area contributed by atoms with Crippen LogP contribution in [0.2, 0.25) is 0 Å². The Morgan fingerprint density at radius 2 is 1.26 bits per heavy atom. The zero-order valence-corrected chi connectivity index (χ0v) is 28.3. The number of hydrogen-bond donors (Lipinski definition) is 8. The molecule has 0 unspecified atom stereocenters. The maximum Gasteiger partial charge on any atom is 0.347 e. The number of phenolic OH excluding ortho intramolecular Hbond substituents is 7. The monoisotopic (exact) mass is 746 g/mol. The van der Waals surface area contributed by atoms with E-state index in [4.69, 9.17) is 18.9 Å². The van der Waals surface area contributed by atoms with Gasteiger partial charge in [0, 0.05) is 24.5 Å². The van der Waals surface area contributed by atoms with Crippen molar-refractivity contribution in [2.45, 2.75) is 44.0 Å². The van der Waals surface area contributed by atoms with Crippen molar-refractivity contribution in [2.75, 3.05) is 6.61 Å². The number of carbonyl (C=O) groups excluding carboxylic acids is 3. The van der Waals surface area contributed by atoms with Gasteiger partial charge < -0.3 is 59.8 Å². The Morgan fingerprint density at radius 1 is 0.704 bits per heavy atom. The lowest BCUT2D eigenvalue weighted by molar-refractivity contribution is -0.169. The SMILES string of the molecule is CCOC(=O)[C@H](Cc1ccc(O)c(O)c1)OC(=O)[C@@H]1c2c(C=CC(=O)O[C@@H](Cc3ccc(O)c(O)c3)C(=O)O)ccc(O)c2O[C@@H]1c1ccc(O)c(O)c1. The van der Waals surface area contributed by atoms with Crippen LogP contribution in [0.3, 0.4) is 0 Å². The lowest BCUT2D eigenvalue weighted by Gasteiger charge is -2.23. The normalized spacial score (nSPS) is 15.8. The lowest BCUT2D eigenvalue weighted by Crippen LogP contribution is -2.34. The molecule has 16 heteroatoms. The third-order valence-corrected chi connectivity index (χ3v) is 8.31. The van der Waals surface area contributed by atoms with E-state index in [-0.39, 0.29) is 53.0 Å². The summed E-state index contributed by atoms with van der Waals surface area (Å²) in [6.07, 6.45) is -3.34. The molecule has 0 saturated heterocycles. The van der Waals surface area contributed by atoms with Gasteiger partial charge in [-0.25, -0.2) is 14.4 Å². The smallest absolute Gasteiger partial charge is 0.347 e. The molecule has 4 aromatic carbocycles. The molecular weight excluding hydrogens is 712 g/mol. The first-order valence-corrected chi connectivity index (χ1v) is 16.2. The van der Waals surface area contributed by atoms with Crippen LogP contribution < -0.4 is 4.74 Å². The van der Waals surface area contributed by atoms with Crippen LogP contribution >= 0.6 is 0 Å². The molecule has 16 nitrogen and oxygen atoms in total. The number of carboxylic acids is 1. The van der Waals surface area contributed by atoms with Crippen molar-refractivity contribution < 1.29 is 79.0 Å². The summed E-state index contributed by atoms with van der Waals surface area (Å²) >= 11 is 0. The summed E-state index contributed by atoms with van der Waals surface area (Å²) in [4.78, 5) is 52.1. The summed E-state index contributed by atoms with van der Waals surface area (Å²) in [5.41, 5.74) is 0.678. The predicted molar refractivity (Wildman–Crippen MR) is 184 cm³/mol.